The van der Waals surface area contributed by atoms with Crippen molar-refractivity contribution in [2.24, 2.45) is 0 Å². The van der Waals surface area contributed by atoms with Gasteiger partial charge in [0.15, 0.2) is 0 Å². The lowest BCUT2D eigenvalue weighted by Crippen LogP contribution is -2.13. The predicted molar refractivity (Wildman–Crippen MR) is 125 cm³/mol. The summed E-state index contributed by atoms with van der Waals surface area (Å²) in [5.41, 5.74) is 5.40. The first-order chi connectivity index (χ1) is 15.8. The van der Waals surface area contributed by atoms with Crippen LogP contribution < -0.4 is 5.32 Å². The van der Waals surface area contributed by atoms with Crippen LogP contribution in [-0.4, -0.2) is 25.4 Å². The molecule has 5 rings (SSSR count). The highest BCUT2D eigenvalue weighted by molar-refractivity contribution is 6.02. The van der Waals surface area contributed by atoms with Gasteiger partial charge < -0.3 is 5.32 Å². The van der Waals surface area contributed by atoms with E-state index in [9.17, 15) is 4.79 Å². The highest BCUT2D eigenvalue weighted by Gasteiger charge is 2.12. The summed E-state index contributed by atoms with van der Waals surface area (Å²) >= 11 is 0. The van der Waals surface area contributed by atoms with E-state index in [2.05, 4.69) is 38.1 Å². The average molecular weight is 419 g/mol. The van der Waals surface area contributed by atoms with Gasteiger partial charge in [-0.25, -0.2) is 9.97 Å². The molecule has 32 heavy (non-hydrogen) atoms. The predicted octanol–water partition coefficient (Wildman–Crippen LogP) is 4.85. The van der Waals surface area contributed by atoms with Crippen molar-refractivity contribution in [1.82, 2.24) is 19.5 Å². The molecule has 0 fully saturated rings. The number of amides is 1. The SMILES string of the molecule is O=C(Nc1ccc(CCc2nc3ccccc3n2-c2ccccc2)cc1)c1cnccn1. The maximum absolute atomic E-state index is 12.2. The molecular weight excluding hydrogens is 398 g/mol. The number of imidazole rings is 1. The van der Waals surface area contributed by atoms with Crippen LogP contribution in [0.15, 0.2) is 97.5 Å². The number of benzene rings is 3. The normalized spacial score (nSPS) is 10.9. The lowest BCUT2D eigenvalue weighted by molar-refractivity contribution is 0.102. The minimum atomic E-state index is -0.276. The third kappa shape index (κ3) is 4.11. The Morgan fingerprint density at radius 3 is 2.41 bits per heavy atom. The Balaban J connectivity index is 1.32. The maximum Gasteiger partial charge on any atom is 0.275 e. The van der Waals surface area contributed by atoms with Crippen LogP contribution >= 0.6 is 0 Å². The molecule has 5 aromatic rings. The molecule has 1 N–H and O–H groups in total. The Kier molecular flexibility index (Phi) is 5.41. The molecule has 6 nitrogen and oxygen atoms in total. The minimum Gasteiger partial charge on any atom is -0.321 e. The second-order valence-corrected chi connectivity index (χ2v) is 7.43. The first-order valence-electron chi connectivity index (χ1n) is 10.5. The van der Waals surface area contributed by atoms with Gasteiger partial charge in [0.05, 0.1) is 17.2 Å². The number of aryl methyl sites for hydroxylation is 2. The van der Waals surface area contributed by atoms with Crippen molar-refractivity contribution in [3.63, 3.8) is 0 Å². The van der Waals surface area contributed by atoms with E-state index >= 15 is 0 Å². The van der Waals surface area contributed by atoms with Crippen LogP contribution in [0.4, 0.5) is 5.69 Å². The van der Waals surface area contributed by atoms with Crippen LogP contribution in [0.25, 0.3) is 16.7 Å². The van der Waals surface area contributed by atoms with Crippen molar-refractivity contribution in [2.75, 3.05) is 5.32 Å². The number of aromatic nitrogens is 4. The van der Waals surface area contributed by atoms with Crippen LogP contribution in [0.1, 0.15) is 21.9 Å². The van der Waals surface area contributed by atoms with E-state index in [4.69, 9.17) is 4.98 Å². The molecule has 6 heteroatoms. The van der Waals surface area contributed by atoms with Gasteiger partial charge in [-0.3, -0.25) is 14.3 Å². The minimum absolute atomic E-state index is 0.276. The van der Waals surface area contributed by atoms with Gasteiger partial charge in [-0.2, -0.15) is 0 Å². The monoisotopic (exact) mass is 419 g/mol. The summed E-state index contributed by atoms with van der Waals surface area (Å²) in [6.45, 7) is 0. The number of carbonyl (C=O) groups excluding carboxylic acids is 1. The molecule has 0 unspecified atom stereocenters. The van der Waals surface area contributed by atoms with Gasteiger partial charge in [0, 0.05) is 30.2 Å². The standard InChI is InChI=1S/C26H21N5O/c32-26(23-18-27-16-17-28-23)29-20-13-10-19(11-14-20)12-15-25-30-22-8-4-5-9-24(22)31(25)21-6-2-1-3-7-21/h1-11,13-14,16-18H,12,15H2,(H,29,32). The average Bonchev–Trinajstić information content (AvgIpc) is 3.23. The zero-order valence-electron chi connectivity index (χ0n) is 17.3. The summed E-state index contributed by atoms with van der Waals surface area (Å²) in [5.74, 6) is 0.750. The largest absolute Gasteiger partial charge is 0.321 e. The summed E-state index contributed by atoms with van der Waals surface area (Å²) in [4.78, 5) is 25.1. The van der Waals surface area contributed by atoms with Gasteiger partial charge >= 0.3 is 0 Å². The number of hydrogen-bond acceptors (Lipinski definition) is 4. The molecular formula is C26H21N5O. The Hall–Kier alpha value is -4.32. The summed E-state index contributed by atoms with van der Waals surface area (Å²) in [7, 11) is 0. The van der Waals surface area contributed by atoms with Crippen molar-refractivity contribution in [3.05, 3.63) is 115 Å². The number of para-hydroxylation sites is 3. The first-order valence-corrected chi connectivity index (χ1v) is 10.5. The number of nitrogens with one attached hydrogen (secondary N) is 1. The fourth-order valence-corrected chi connectivity index (χ4v) is 3.73. The molecule has 0 bridgehead atoms. The Bertz CT molecular complexity index is 1350. The zero-order valence-corrected chi connectivity index (χ0v) is 17.3. The number of hydrogen-bond donors (Lipinski definition) is 1. The summed E-state index contributed by atoms with van der Waals surface area (Å²) in [6, 6.07) is 26.4. The van der Waals surface area contributed by atoms with E-state index < -0.39 is 0 Å². The van der Waals surface area contributed by atoms with E-state index in [0.29, 0.717) is 0 Å². The van der Waals surface area contributed by atoms with Crippen molar-refractivity contribution < 1.29 is 4.79 Å². The molecule has 0 aliphatic heterocycles. The smallest absolute Gasteiger partial charge is 0.275 e. The molecule has 3 aromatic carbocycles. The first kappa shape index (κ1) is 19.6. The van der Waals surface area contributed by atoms with Crippen molar-refractivity contribution in [1.29, 1.82) is 0 Å². The van der Waals surface area contributed by atoms with E-state index in [1.807, 2.05) is 60.7 Å². The highest BCUT2D eigenvalue weighted by atomic mass is 16.1. The number of carbonyl (C=O) groups is 1. The molecule has 0 radical (unpaired) electrons. The van der Waals surface area contributed by atoms with Gasteiger partial charge in [0.25, 0.3) is 5.91 Å². The van der Waals surface area contributed by atoms with Gasteiger partial charge in [-0.15, -0.1) is 0 Å². The fraction of sp³-hybridized carbons (Fsp3) is 0.0769. The number of rotatable bonds is 6. The summed E-state index contributed by atoms with van der Waals surface area (Å²) in [5, 5.41) is 2.85. The van der Waals surface area contributed by atoms with Crippen LogP contribution in [0, 0.1) is 0 Å². The maximum atomic E-state index is 12.2. The fourth-order valence-electron chi connectivity index (χ4n) is 3.73. The highest BCUT2D eigenvalue weighted by Crippen LogP contribution is 2.23. The van der Waals surface area contributed by atoms with Gasteiger partial charge in [-0.05, 0) is 48.4 Å². The third-order valence-corrected chi connectivity index (χ3v) is 5.29. The Labute approximate surface area is 185 Å². The molecule has 156 valence electrons. The summed E-state index contributed by atoms with van der Waals surface area (Å²) < 4.78 is 2.23. The second kappa shape index (κ2) is 8.81. The Morgan fingerprint density at radius 1 is 0.844 bits per heavy atom. The molecule has 0 atom stereocenters. The van der Waals surface area contributed by atoms with E-state index in [-0.39, 0.29) is 11.6 Å². The molecule has 0 aliphatic rings. The van der Waals surface area contributed by atoms with Crippen molar-refractivity contribution in [3.8, 4) is 5.69 Å². The van der Waals surface area contributed by atoms with E-state index in [1.54, 1.807) is 0 Å². The van der Waals surface area contributed by atoms with Crippen LogP contribution in [0.3, 0.4) is 0 Å². The van der Waals surface area contributed by atoms with Gasteiger partial charge in [0.1, 0.15) is 11.5 Å². The molecule has 0 saturated heterocycles. The molecule has 0 spiro atoms. The lowest BCUT2D eigenvalue weighted by Gasteiger charge is -2.10. The van der Waals surface area contributed by atoms with E-state index in [1.165, 1.54) is 24.2 Å². The van der Waals surface area contributed by atoms with Crippen LogP contribution in [0.2, 0.25) is 0 Å². The van der Waals surface area contributed by atoms with Gasteiger partial charge in [-0.1, -0.05) is 42.5 Å². The van der Waals surface area contributed by atoms with E-state index in [0.717, 1.165) is 41.1 Å². The molecule has 0 saturated carbocycles. The lowest BCUT2D eigenvalue weighted by atomic mass is 10.1. The second-order valence-electron chi connectivity index (χ2n) is 7.43. The van der Waals surface area contributed by atoms with Crippen molar-refractivity contribution >= 4 is 22.6 Å². The summed E-state index contributed by atoms with van der Waals surface area (Å²) in [6.07, 6.45) is 6.13. The number of fused-ring (bicyclic) bond motifs is 1. The van der Waals surface area contributed by atoms with Crippen molar-refractivity contribution in [2.45, 2.75) is 12.8 Å². The topological polar surface area (TPSA) is 72.7 Å². The molecule has 2 aromatic heterocycles. The zero-order chi connectivity index (χ0) is 21.8. The quantitative estimate of drug-likeness (QED) is 0.427. The molecule has 2 heterocycles. The molecule has 0 aliphatic carbocycles. The number of anilines is 1. The van der Waals surface area contributed by atoms with Crippen LogP contribution in [0.5, 0.6) is 0 Å². The van der Waals surface area contributed by atoms with Crippen LogP contribution in [-0.2, 0) is 12.8 Å². The molecule has 1 amide bonds. The third-order valence-electron chi connectivity index (χ3n) is 5.29. The van der Waals surface area contributed by atoms with Gasteiger partial charge in [0.2, 0.25) is 0 Å². The number of nitrogens with zero attached hydrogens (tertiary/aromatic N) is 4. The Morgan fingerprint density at radius 2 is 1.62 bits per heavy atom.